The van der Waals surface area contributed by atoms with Crippen LogP contribution in [0.1, 0.15) is 41.3 Å². The predicted molar refractivity (Wildman–Crippen MR) is 107 cm³/mol. The summed E-state index contributed by atoms with van der Waals surface area (Å²) in [7, 11) is 0. The number of carbonyl (C=O) groups excluding carboxylic acids is 2. The smallest absolute Gasteiger partial charge is 0.240 e. The maximum Gasteiger partial charge on any atom is 0.240 e. The lowest BCUT2D eigenvalue weighted by Gasteiger charge is -2.03. The van der Waals surface area contributed by atoms with Crippen LogP contribution in [0.25, 0.3) is 10.1 Å². The minimum Gasteiger partial charge on any atom is -0.294 e. The minimum absolute atomic E-state index is 0.0248. The Morgan fingerprint density at radius 3 is 2.81 bits per heavy atom. The van der Waals surface area contributed by atoms with Gasteiger partial charge in [0.25, 0.3) is 0 Å². The van der Waals surface area contributed by atoms with Gasteiger partial charge in [0, 0.05) is 39.4 Å². The van der Waals surface area contributed by atoms with Crippen molar-refractivity contribution in [1.29, 1.82) is 0 Å². The van der Waals surface area contributed by atoms with Crippen molar-refractivity contribution in [3.63, 3.8) is 0 Å². The summed E-state index contributed by atoms with van der Waals surface area (Å²) in [6.45, 7) is 2.05. The van der Waals surface area contributed by atoms with Gasteiger partial charge in [-0.15, -0.1) is 11.3 Å². The van der Waals surface area contributed by atoms with Crippen LogP contribution in [0.3, 0.4) is 0 Å². The van der Waals surface area contributed by atoms with Crippen LogP contribution in [0.4, 0.5) is 0 Å². The van der Waals surface area contributed by atoms with Gasteiger partial charge in [-0.3, -0.25) is 9.59 Å². The van der Waals surface area contributed by atoms with Gasteiger partial charge in [0.2, 0.25) is 5.91 Å². The van der Waals surface area contributed by atoms with Gasteiger partial charge in [0.05, 0.1) is 6.21 Å². The molecular weight excluding hydrogens is 344 g/mol. The summed E-state index contributed by atoms with van der Waals surface area (Å²) in [4.78, 5) is 24.1. The Morgan fingerprint density at radius 1 is 1.12 bits per heavy atom. The first-order chi connectivity index (χ1) is 12.7. The first-order valence-electron chi connectivity index (χ1n) is 8.57. The predicted octanol–water partition coefficient (Wildman–Crippen LogP) is 4.58. The van der Waals surface area contributed by atoms with E-state index in [0.29, 0.717) is 5.56 Å². The van der Waals surface area contributed by atoms with Crippen molar-refractivity contribution in [3.8, 4) is 0 Å². The van der Waals surface area contributed by atoms with Crippen LogP contribution >= 0.6 is 11.3 Å². The van der Waals surface area contributed by atoms with Gasteiger partial charge < -0.3 is 0 Å². The third-order valence-corrected chi connectivity index (χ3v) is 5.12. The molecule has 1 N–H and O–H groups in total. The molecule has 1 aromatic heterocycles. The van der Waals surface area contributed by atoms with E-state index in [1.807, 2.05) is 48.7 Å². The quantitative estimate of drug-likeness (QED) is 0.379. The fourth-order valence-electron chi connectivity index (χ4n) is 2.66. The number of nitrogens with zero attached hydrogens (tertiary/aromatic N) is 1. The molecule has 5 heteroatoms. The van der Waals surface area contributed by atoms with Gasteiger partial charge in [0.1, 0.15) is 0 Å². The third kappa shape index (κ3) is 4.43. The molecule has 0 aliphatic carbocycles. The molecule has 0 unspecified atom stereocenters. The van der Waals surface area contributed by atoms with Crippen LogP contribution in [-0.4, -0.2) is 17.9 Å². The molecule has 0 spiro atoms. The fourth-order valence-corrected chi connectivity index (χ4v) is 3.58. The second-order valence-corrected chi connectivity index (χ2v) is 6.87. The molecule has 2 aromatic carbocycles. The number of ketones is 1. The second-order valence-electron chi connectivity index (χ2n) is 5.96. The summed E-state index contributed by atoms with van der Waals surface area (Å²) >= 11 is 1.64. The van der Waals surface area contributed by atoms with E-state index in [-0.39, 0.29) is 24.5 Å². The lowest BCUT2D eigenvalue weighted by molar-refractivity contribution is -0.121. The lowest BCUT2D eigenvalue weighted by atomic mass is 10.0. The number of benzene rings is 2. The first kappa shape index (κ1) is 18.0. The van der Waals surface area contributed by atoms with Gasteiger partial charge >= 0.3 is 0 Å². The highest BCUT2D eigenvalue weighted by atomic mass is 32.1. The maximum absolute atomic E-state index is 12.2. The Bertz CT molecular complexity index is 959. The van der Waals surface area contributed by atoms with E-state index in [1.54, 1.807) is 23.6 Å². The fraction of sp³-hybridized carbons (Fsp3) is 0.190. The number of Topliss-reactive ketones (excluding diaryl/α,β-unsaturated/α-hetero) is 1. The molecule has 0 atom stereocenters. The van der Waals surface area contributed by atoms with Crippen molar-refractivity contribution in [3.05, 3.63) is 70.6 Å². The summed E-state index contributed by atoms with van der Waals surface area (Å²) in [5.74, 6) is -0.288. The molecule has 3 rings (SSSR count). The highest BCUT2D eigenvalue weighted by Crippen LogP contribution is 2.24. The van der Waals surface area contributed by atoms with Crippen LogP contribution in [0.5, 0.6) is 0 Å². The van der Waals surface area contributed by atoms with Crippen LogP contribution in [-0.2, 0) is 11.2 Å². The van der Waals surface area contributed by atoms with Crippen LogP contribution in [0, 0.1) is 0 Å². The zero-order valence-electron chi connectivity index (χ0n) is 14.6. The zero-order valence-corrected chi connectivity index (χ0v) is 15.4. The van der Waals surface area contributed by atoms with Crippen LogP contribution in [0.15, 0.2) is 59.0 Å². The molecular formula is C21H20N2O2S. The third-order valence-electron chi connectivity index (χ3n) is 4.14. The molecule has 0 fully saturated rings. The number of hydrogen-bond acceptors (Lipinski definition) is 4. The summed E-state index contributed by atoms with van der Waals surface area (Å²) in [5, 5.41) is 7.13. The number of hydrazone groups is 1. The van der Waals surface area contributed by atoms with Crippen LogP contribution in [0.2, 0.25) is 0 Å². The number of rotatable bonds is 7. The maximum atomic E-state index is 12.2. The Morgan fingerprint density at radius 2 is 1.96 bits per heavy atom. The Balaban J connectivity index is 1.51. The summed E-state index contributed by atoms with van der Waals surface area (Å²) < 4.78 is 1.18. The average molecular weight is 364 g/mol. The number of aryl methyl sites for hydroxylation is 1. The molecule has 0 aliphatic heterocycles. The minimum atomic E-state index is -0.263. The molecule has 0 saturated heterocycles. The molecule has 0 saturated carbocycles. The van der Waals surface area contributed by atoms with Gasteiger partial charge in [0.15, 0.2) is 5.78 Å². The molecule has 3 aromatic rings. The number of thiophene rings is 1. The number of carbonyl (C=O) groups is 2. The Hall–Kier alpha value is -2.79. The van der Waals surface area contributed by atoms with E-state index >= 15 is 0 Å². The van der Waals surface area contributed by atoms with Crippen molar-refractivity contribution in [1.82, 2.24) is 5.43 Å². The largest absolute Gasteiger partial charge is 0.294 e. The van der Waals surface area contributed by atoms with Crippen molar-refractivity contribution in [2.45, 2.75) is 26.2 Å². The van der Waals surface area contributed by atoms with Crippen molar-refractivity contribution in [2.75, 3.05) is 0 Å². The van der Waals surface area contributed by atoms with E-state index in [0.717, 1.165) is 22.9 Å². The summed E-state index contributed by atoms with van der Waals surface area (Å²) in [5.41, 5.74) is 5.24. The molecule has 0 bridgehead atoms. The normalized spacial score (nSPS) is 11.1. The average Bonchev–Trinajstić information content (AvgIpc) is 3.09. The molecule has 4 nitrogen and oxygen atoms in total. The standard InChI is InChI=1S/C21H20N2O2S/c1-2-15-6-5-7-16(12-15)19(24)10-11-21(25)23-22-13-17-14-26-20-9-4-3-8-18(17)20/h3-9,12-14H,2,10-11H2,1H3,(H,23,25)/b22-13+. The highest BCUT2D eigenvalue weighted by Gasteiger charge is 2.09. The second kappa shape index (κ2) is 8.54. The number of amides is 1. The summed E-state index contributed by atoms with van der Waals surface area (Å²) in [6.07, 6.45) is 2.82. The first-order valence-corrected chi connectivity index (χ1v) is 9.45. The topological polar surface area (TPSA) is 58.5 Å². The number of fused-ring (bicyclic) bond motifs is 1. The van der Waals surface area contributed by atoms with Crippen LogP contribution < -0.4 is 5.43 Å². The SMILES string of the molecule is CCc1cccc(C(=O)CCC(=O)N/N=C/c2csc3ccccc23)c1. The van der Waals surface area contributed by atoms with E-state index in [1.165, 1.54) is 4.70 Å². The molecule has 0 radical (unpaired) electrons. The summed E-state index contributed by atoms with van der Waals surface area (Å²) in [6, 6.07) is 15.6. The van der Waals surface area contributed by atoms with E-state index in [4.69, 9.17) is 0 Å². The monoisotopic (exact) mass is 364 g/mol. The van der Waals surface area contributed by atoms with E-state index in [2.05, 4.69) is 16.6 Å². The van der Waals surface area contributed by atoms with Gasteiger partial charge in [-0.25, -0.2) is 5.43 Å². The van der Waals surface area contributed by atoms with Gasteiger partial charge in [-0.1, -0.05) is 43.3 Å². The van der Waals surface area contributed by atoms with Crippen molar-refractivity contribution in [2.24, 2.45) is 5.10 Å². The van der Waals surface area contributed by atoms with E-state index in [9.17, 15) is 9.59 Å². The van der Waals surface area contributed by atoms with Crippen molar-refractivity contribution < 1.29 is 9.59 Å². The molecule has 1 heterocycles. The molecule has 0 aliphatic rings. The lowest BCUT2D eigenvalue weighted by Crippen LogP contribution is -2.18. The van der Waals surface area contributed by atoms with Gasteiger partial charge in [-0.2, -0.15) is 5.10 Å². The van der Waals surface area contributed by atoms with E-state index < -0.39 is 0 Å². The molecule has 1 amide bonds. The zero-order chi connectivity index (χ0) is 18.4. The Kier molecular flexibility index (Phi) is 5.92. The Labute approximate surface area is 156 Å². The molecule has 132 valence electrons. The van der Waals surface area contributed by atoms with Gasteiger partial charge in [-0.05, 0) is 24.1 Å². The molecule has 26 heavy (non-hydrogen) atoms. The number of hydrogen-bond donors (Lipinski definition) is 1. The number of nitrogens with one attached hydrogen (secondary N) is 1. The van der Waals surface area contributed by atoms with Crippen molar-refractivity contribution >= 4 is 39.3 Å². The highest BCUT2D eigenvalue weighted by molar-refractivity contribution is 7.17.